The molecule has 3 N–H and O–H groups in total. The molecule has 0 aliphatic heterocycles. The van der Waals surface area contributed by atoms with E-state index in [1.54, 1.807) is 0 Å². The molecule has 0 radical (unpaired) electrons. The van der Waals surface area contributed by atoms with Crippen LogP contribution in [-0.2, 0) is 4.79 Å². The van der Waals surface area contributed by atoms with E-state index in [-0.39, 0.29) is 24.5 Å². The summed E-state index contributed by atoms with van der Waals surface area (Å²) in [5.74, 6) is 1.22. The largest absolute Gasteiger partial charge is 0.481 e. The van der Waals surface area contributed by atoms with E-state index < -0.39 is 5.97 Å². The summed E-state index contributed by atoms with van der Waals surface area (Å²) < 4.78 is 0. The Morgan fingerprint density at radius 2 is 1.89 bits per heavy atom. The third kappa shape index (κ3) is 10.7. The normalized spacial score (nSPS) is 13.6. The number of amides is 2. The van der Waals surface area contributed by atoms with E-state index in [0.29, 0.717) is 6.42 Å². The van der Waals surface area contributed by atoms with Gasteiger partial charge in [0.1, 0.15) is 0 Å². The first-order valence-corrected chi connectivity index (χ1v) is 8.01. The smallest absolute Gasteiger partial charge is 0.315 e. The van der Waals surface area contributed by atoms with E-state index in [0.717, 1.165) is 24.3 Å². The highest BCUT2D eigenvalue weighted by Gasteiger charge is 2.16. The van der Waals surface area contributed by atoms with Crippen molar-refractivity contribution in [2.24, 2.45) is 0 Å². The van der Waals surface area contributed by atoms with Crippen LogP contribution in [0.3, 0.4) is 0 Å². The highest BCUT2D eigenvalue weighted by Crippen LogP contribution is 2.04. The van der Waals surface area contributed by atoms with Crippen molar-refractivity contribution in [2.75, 3.05) is 11.5 Å². The van der Waals surface area contributed by atoms with Gasteiger partial charge < -0.3 is 15.7 Å². The first-order valence-electron chi connectivity index (χ1n) is 6.86. The van der Waals surface area contributed by atoms with Crippen LogP contribution < -0.4 is 10.6 Å². The van der Waals surface area contributed by atoms with Crippen molar-refractivity contribution in [3.8, 4) is 0 Å². The monoisotopic (exact) mass is 290 g/mol. The Labute approximate surface area is 119 Å². The first-order chi connectivity index (χ1) is 8.99. The molecule has 2 unspecified atom stereocenters. The van der Waals surface area contributed by atoms with Crippen molar-refractivity contribution >= 4 is 23.8 Å². The number of urea groups is 1. The minimum absolute atomic E-state index is 0.0265. The molecule has 0 saturated carbocycles. The molecular formula is C13H26N2O3S. The molecule has 6 heteroatoms. The highest BCUT2D eigenvalue weighted by molar-refractivity contribution is 7.99. The summed E-state index contributed by atoms with van der Waals surface area (Å²) in [5, 5.41) is 14.4. The number of hydrogen-bond donors (Lipinski definition) is 3. The molecule has 112 valence electrons. The topological polar surface area (TPSA) is 78.4 Å². The lowest BCUT2D eigenvalue weighted by Gasteiger charge is -2.19. The van der Waals surface area contributed by atoms with Gasteiger partial charge >= 0.3 is 12.0 Å². The van der Waals surface area contributed by atoms with Gasteiger partial charge in [-0.1, -0.05) is 20.3 Å². The maximum absolute atomic E-state index is 11.7. The van der Waals surface area contributed by atoms with Gasteiger partial charge in [0.05, 0.1) is 6.42 Å². The Hall–Kier alpha value is -0.910. The van der Waals surface area contributed by atoms with Crippen LogP contribution in [0.4, 0.5) is 4.79 Å². The van der Waals surface area contributed by atoms with Gasteiger partial charge in [-0.25, -0.2) is 4.79 Å². The summed E-state index contributed by atoms with van der Waals surface area (Å²) in [7, 11) is 0. The summed E-state index contributed by atoms with van der Waals surface area (Å²) >= 11 is 1.84. The molecule has 0 aliphatic rings. The number of carbonyl (C=O) groups excluding carboxylic acids is 1. The second-order valence-electron chi connectivity index (χ2n) is 4.59. The Kier molecular flexibility index (Phi) is 10.4. The SMILES string of the molecule is CCCC(CC(=O)O)NC(=O)NC(C)CCSCC. The van der Waals surface area contributed by atoms with Gasteiger partial charge in [-0.3, -0.25) is 4.79 Å². The molecule has 2 amide bonds. The van der Waals surface area contributed by atoms with Crippen LogP contribution in [0, 0.1) is 0 Å². The zero-order chi connectivity index (χ0) is 14.7. The van der Waals surface area contributed by atoms with Crippen molar-refractivity contribution in [3.05, 3.63) is 0 Å². The number of carboxylic acid groups (broad SMARTS) is 1. The molecule has 0 spiro atoms. The maximum Gasteiger partial charge on any atom is 0.315 e. The first kappa shape index (κ1) is 18.1. The molecular weight excluding hydrogens is 264 g/mol. The average Bonchev–Trinajstić information content (AvgIpc) is 2.28. The van der Waals surface area contributed by atoms with Gasteiger partial charge in [0.25, 0.3) is 0 Å². The number of rotatable bonds is 10. The minimum atomic E-state index is -0.883. The van der Waals surface area contributed by atoms with Gasteiger partial charge in [0.2, 0.25) is 0 Å². The molecule has 0 aromatic heterocycles. The molecule has 5 nitrogen and oxygen atoms in total. The molecule has 0 aromatic carbocycles. The summed E-state index contributed by atoms with van der Waals surface area (Å²) in [5.41, 5.74) is 0. The van der Waals surface area contributed by atoms with Crippen LogP contribution in [0.1, 0.15) is 46.5 Å². The fourth-order valence-corrected chi connectivity index (χ4v) is 2.52. The van der Waals surface area contributed by atoms with Crippen LogP contribution in [-0.4, -0.2) is 40.7 Å². The molecule has 0 saturated heterocycles. The van der Waals surface area contributed by atoms with Crippen LogP contribution in [0.2, 0.25) is 0 Å². The molecule has 0 fully saturated rings. The van der Waals surface area contributed by atoms with Crippen LogP contribution in [0.25, 0.3) is 0 Å². The van der Waals surface area contributed by atoms with E-state index in [2.05, 4.69) is 17.6 Å². The molecule has 0 aliphatic carbocycles. The zero-order valence-corrected chi connectivity index (χ0v) is 12.9. The van der Waals surface area contributed by atoms with Crippen LogP contribution >= 0.6 is 11.8 Å². The number of carbonyl (C=O) groups is 2. The third-order valence-corrected chi connectivity index (χ3v) is 3.60. The molecule has 0 bridgehead atoms. The van der Waals surface area contributed by atoms with E-state index in [9.17, 15) is 9.59 Å². The summed E-state index contributed by atoms with van der Waals surface area (Å²) in [4.78, 5) is 22.4. The summed E-state index contributed by atoms with van der Waals surface area (Å²) in [6.45, 7) is 6.04. The highest BCUT2D eigenvalue weighted by atomic mass is 32.2. The summed E-state index contributed by atoms with van der Waals surface area (Å²) in [6.07, 6.45) is 2.42. The van der Waals surface area contributed by atoms with Crippen molar-refractivity contribution in [1.29, 1.82) is 0 Å². The molecule has 0 heterocycles. The number of thioether (sulfide) groups is 1. The Bertz CT molecular complexity index is 275. The van der Waals surface area contributed by atoms with Gasteiger partial charge in [0, 0.05) is 12.1 Å². The number of nitrogens with one attached hydrogen (secondary N) is 2. The number of aliphatic carboxylic acids is 1. The standard InChI is InChI=1S/C13H26N2O3S/c1-4-6-11(9-12(16)17)15-13(18)14-10(3)7-8-19-5-2/h10-11H,4-9H2,1-3H3,(H,16,17)(H2,14,15,18). The van der Waals surface area contributed by atoms with Gasteiger partial charge in [-0.15, -0.1) is 0 Å². The van der Waals surface area contributed by atoms with Crippen LogP contribution in [0.5, 0.6) is 0 Å². The van der Waals surface area contributed by atoms with Crippen molar-refractivity contribution < 1.29 is 14.7 Å². The molecule has 0 aromatic rings. The fourth-order valence-electron chi connectivity index (χ4n) is 1.71. The van der Waals surface area contributed by atoms with Gasteiger partial charge in [-0.2, -0.15) is 11.8 Å². The quantitative estimate of drug-likeness (QED) is 0.540. The minimum Gasteiger partial charge on any atom is -0.481 e. The number of hydrogen-bond acceptors (Lipinski definition) is 3. The Morgan fingerprint density at radius 1 is 1.21 bits per heavy atom. The van der Waals surface area contributed by atoms with Crippen molar-refractivity contribution in [1.82, 2.24) is 10.6 Å². The van der Waals surface area contributed by atoms with Gasteiger partial charge in [-0.05, 0) is 31.3 Å². The van der Waals surface area contributed by atoms with Gasteiger partial charge in [0.15, 0.2) is 0 Å². The Morgan fingerprint density at radius 3 is 2.42 bits per heavy atom. The van der Waals surface area contributed by atoms with E-state index in [1.165, 1.54) is 0 Å². The predicted octanol–water partition coefficient (Wildman–Crippen LogP) is 2.46. The third-order valence-electron chi connectivity index (χ3n) is 2.67. The lowest BCUT2D eigenvalue weighted by molar-refractivity contribution is -0.137. The lowest BCUT2D eigenvalue weighted by atomic mass is 10.1. The number of carboxylic acids is 1. The molecule has 19 heavy (non-hydrogen) atoms. The molecule has 2 atom stereocenters. The second kappa shape index (κ2) is 11.0. The maximum atomic E-state index is 11.7. The van der Waals surface area contributed by atoms with Crippen LogP contribution in [0.15, 0.2) is 0 Å². The lowest BCUT2D eigenvalue weighted by Crippen LogP contribution is -2.46. The van der Waals surface area contributed by atoms with E-state index in [1.807, 2.05) is 25.6 Å². The van der Waals surface area contributed by atoms with E-state index in [4.69, 9.17) is 5.11 Å². The zero-order valence-electron chi connectivity index (χ0n) is 12.1. The second-order valence-corrected chi connectivity index (χ2v) is 5.98. The molecule has 0 rings (SSSR count). The Balaban J connectivity index is 3.99. The average molecular weight is 290 g/mol. The van der Waals surface area contributed by atoms with E-state index >= 15 is 0 Å². The predicted molar refractivity (Wildman–Crippen MR) is 79.7 cm³/mol. The van der Waals surface area contributed by atoms with Crippen molar-refractivity contribution in [2.45, 2.75) is 58.5 Å². The fraction of sp³-hybridized carbons (Fsp3) is 0.846. The van der Waals surface area contributed by atoms with Crippen molar-refractivity contribution in [3.63, 3.8) is 0 Å². The summed E-state index contributed by atoms with van der Waals surface area (Å²) in [6, 6.07) is -0.459.